The fraction of sp³-hybridized carbons (Fsp3) is 0. The van der Waals surface area contributed by atoms with E-state index in [0.717, 1.165) is 83.6 Å². The van der Waals surface area contributed by atoms with Gasteiger partial charge in [-0.05, 0) is 48.0 Å². The minimum absolute atomic E-state index is 0.180. The lowest BCUT2D eigenvalue weighted by Crippen LogP contribution is -2.21. The third-order valence-electron chi connectivity index (χ3n) is 11.3. The van der Waals surface area contributed by atoms with Crippen molar-refractivity contribution in [1.29, 1.82) is 10.8 Å². The number of fused-ring (bicyclic) bond motifs is 6. The number of nitrogens with one attached hydrogen (secondary N) is 2. The van der Waals surface area contributed by atoms with E-state index >= 15 is 0 Å². The van der Waals surface area contributed by atoms with Gasteiger partial charge >= 0.3 is 0 Å². The van der Waals surface area contributed by atoms with Crippen molar-refractivity contribution in [2.75, 3.05) is 0 Å². The largest absolute Gasteiger partial charge is 0.309 e. The lowest BCUT2D eigenvalue weighted by atomic mass is 9.82. The molecule has 0 fully saturated rings. The van der Waals surface area contributed by atoms with Crippen molar-refractivity contribution in [3.63, 3.8) is 0 Å². The normalized spacial score (nSPS) is 12.6. The Kier molecular flexibility index (Phi) is 8.01. The van der Waals surface area contributed by atoms with Crippen LogP contribution in [0.3, 0.4) is 0 Å². The van der Waals surface area contributed by atoms with Crippen LogP contribution in [0.4, 0.5) is 0 Å². The number of allylic oxidation sites excluding steroid dienone is 1. The van der Waals surface area contributed by atoms with Gasteiger partial charge in [0.2, 0.25) is 0 Å². The molecule has 276 valence electrons. The third-order valence-corrected chi connectivity index (χ3v) is 11.3. The molecule has 10 aromatic rings. The smallest absolute Gasteiger partial charge is 0.160 e. The zero-order chi connectivity index (χ0) is 39.5. The topological polar surface area (TPSA) is 91.3 Å². The van der Waals surface area contributed by atoms with Crippen molar-refractivity contribution in [2.45, 2.75) is 0 Å². The maximum atomic E-state index is 9.31. The third kappa shape index (κ3) is 5.77. The summed E-state index contributed by atoms with van der Waals surface area (Å²) in [5.74, 6) is 0.638. The summed E-state index contributed by atoms with van der Waals surface area (Å²) < 4.78 is 2.32. The fourth-order valence-corrected chi connectivity index (χ4v) is 8.44. The van der Waals surface area contributed by atoms with E-state index in [0.29, 0.717) is 11.4 Å². The Labute approximate surface area is 340 Å². The van der Waals surface area contributed by atoms with Crippen molar-refractivity contribution in [3.8, 4) is 50.8 Å². The van der Waals surface area contributed by atoms with Gasteiger partial charge in [-0.2, -0.15) is 0 Å². The quantitative estimate of drug-likeness (QED) is 0.177. The molecular weight excluding hydrogens is 721 g/mol. The molecule has 0 unspecified atom stereocenters. The summed E-state index contributed by atoms with van der Waals surface area (Å²) in [7, 11) is 0. The Morgan fingerprint density at radius 1 is 0.407 bits per heavy atom. The summed E-state index contributed by atoms with van der Waals surface area (Å²) in [6, 6.07) is 63.9. The van der Waals surface area contributed by atoms with Gasteiger partial charge in [-0.1, -0.05) is 152 Å². The lowest BCUT2D eigenvalue weighted by Gasteiger charge is -2.23. The molecule has 7 aromatic carbocycles. The Hall–Kier alpha value is -8.09. The molecule has 0 amide bonds. The van der Waals surface area contributed by atoms with Gasteiger partial charge in [0.15, 0.2) is 5.82 Å². The Morgan fingerprint density at radius 3 is 1.66 bits per heavy atom. The fourth-order valence-electron chi connectivity index (χ4n) is 8.44. The minimum Gasteiger partial charge on any atom is -0.309 e. The number of nitrogens with zero attached hydrogens (tertiary/aromatic N) is 4. The van der Waals surface area contributed by atoms with Crippen LogP contribution in [0.2, 0.25) is 0 Å². The van der Waals surface area contributed by atoms with Gasteiger partial charge in [-0.15, -0.1) is 0 Å². The molecule has 6 heteroatoms. The molecule has 3 heterocycles. The van der Waals surface area contributed by atoms with Gasteiger partial charge in [-0.3, -0.25) is 10.8 Å². The molecule has 0 aliphatic heterocycles. The molecule has 11 rings (SSSR count). The number of hydrogen-bond acceptors (Lipinski definition) is 5. The molecule has 0 saturated heterocycles. The molecule has 59 heavy (non-hydrogen) atoms. The molecule has 1 aliphatic rings. The maximum Gasteiger partial charge on any atom is 0.160 e. The molecule has 2 N–H and O–H groups in total. The van der Waals surface area contributed by atoms with E-state index < -0.39 is 0 Å². The van der Waals surface area contributed by atoms with Crippen LogP contribution in [0.25, 0.3) is 95.2 Å². The van der Waals surface area contributed by atoms with Crippen LogP contribution in [0, 0.1) is 10.8 Å². The number of pyridine rings is 1. The minimum atomic E-state index is 0.180. The molecule has 0 spiro atoms. The van der Waals surface area contributed by atoms with Crippen LogP contribution < -0.4 is 0 Å². The first-order valence-electron chi connectivity index (χ1n) is 19.6. The second-order valence-corrected chi connectivity index (χ2v) is 14.8. The molecule has 3 aromatic heterocycles. The zero-order valence-electron chi connectivity index (χ0n) is 31.8. The van der Waals surface area contributed by atoms with E-state index in [4.69, 9.17) is 15.0 Å². The van der Waals surface area contributed by atoms with E-state index in [1.165, 1.54) is 10.8 Å². The Bertz CT molecular complexity index is 3290. The number of hydrogen-bond donors (Lipinski definition) is 2. The van der Waals surface area contributed by atoms with Gasteiger partial charge in [0, 0.05) is 60.8 Å². The second-order valence-electron chi connectivity index (χ2n) is 14.8. The standard InChI is InChI=1S/C53H34N6/c54-50-42(31-43-49(51(50)55)41-22-7-10-23-44(41)56-52(43)35-14-3-1-4-15-35)33-26-28-34(29-27-33)45-32-46(58-53(57-45)36-16-5-2-6-17-36)37-18-13-19-38(30-37)59-47-24-11-8-20-39(47)40-21-9-12-25-48(40)59/h1-32,54-55H. The molecule has 0 atom stereocenters. The van der Waals surface area contributed by atoms with E-state index in [1.54, 1.807) is 0 Å². The first kappa shape index (κ1) is 34.2. The zero-order valence-corrected chi connectivity index (χ0v) is 31.8. The van der Waals surface area contributed by atoms with Gasteiger partial charge in [0.1, 0.15) is 0 Å². The number of para-hydroxylation sites is 3. The maximum absolute atomic E-state index is 9.31. The van der Waals surface area contributed by atoms with Crippen molar-refractivity contribution in [1.82, 2.24) is 19.5 Å². The van der Waals surface area contributed by atoms with Crippen LogP contribution in [-0.2, 0) is 0 Å². The molecule has 1 aliphatic carbocycles. The van der Waals surface area contributed by atoms with Gasteiger partial charge < -0.3 is 4.57 Å². The van der Waals surface area contributed by atoms with Crippen LogP contribution in [0.1, 0.15) is 16.7 Å². The van der Waals surface area contributed by atoms with Crippen LogP contribution in [0.5, 0.6) is 0 Å². The highest BCUT2D eigenvalue weighted by Gasteiger charge is 2.28. The Balaban J connectivity index is 1.02. The number of aromatic nitrogens is 4. The molecule has 0 radical (unpaired) electrons. The summed E-state index contributed by atoms with van der Waals surface area (Å²) in [6.45, 7) is 0. The van der Waals surface area contributed by atoms with Crippen molar-refractivity contribution >= 4 is 55.8 Å². The van der Waals surface area contributed by atoms with E-state index in [9.17, 15) is 10.8 Å². The Morgan fingerprint density at radius 2 is 0.966 bits per heavy atom. The van der Waals surface area contributed by atoms with Crippen molar-refractivity contribution in [2.24, 2.45) is 0 Å². The summed E-state index contributed by atoms with van der Waals surface area (Å²) in [6.07, 6.45) is 2.03. The van der Waals surface area contributed by atoms with Crippen LogP contribution >= 0.6 is 0 Å². The molecule has 6 nitrogen and oxygen atoms in total. The first-order valence-corrected chi connectivity index (χ1v) is 19.6. The molecular formula is C53H34N6. The lowest BCUT2D eigenvalue weighted by molar-refractivity contribution is 1.16. The number of benzene rings is 7. The molecule has 0 saturated carbocycles. The number of rotatable bonds is 6. The van der Waals surface area contributed by atoms with Crippen LogP contribution in [-0.4, -0.2) is 30.9 Å². The van der Waals surface area contributed by atoms with Crippen molar-refractivity contribution < 1.29 is 0 Å². The van der Waals surface area contributed by atoms with Gasteiger partial charge in [-0.25, -0.2) is 15.0 Å². The van der Waals surface area contributed by atoms with Crippen LogP contribution in [0.15, 0.2) is 188 Å². The highest BCUT2D eigenvalue weighted by Crippen LogP contribution is 2.39. The summed E-state index contributed by atoms with van der Waals surface area (Å²) in [5.41, 5.74) is 13.9. The monoisotopic (exact) mass is 754 g/mol. The van der Waals surface area contributed by atoms with E-state index in [2.05, 4.69) is 95.6 Å². The summed E-state index contributed by atoms with van der Waals surface area (Å²) >= 11 is 0. The highest BCUT2D eigenvalue weighted by molar-refractivity contribution is 6.64. The molecule has 0 bridgehead atoms. The van der Waals surface area contributed by atoms with E-state index in [-0.39, 0.29) is 11.4 Å². The summed E-state index contributed by atoms with van der Waals surface area (Å²) in [4.78, 5) is 15.3. The van der Waals surface area contributed by atoms with Gasteiger partial charge in [0.05, 0.1) is 45.1 Å². The second kappa shape index (κ2) is 13.8. The highest BCUT2D eigenvalue weighted by atomic mass is 15.0. The first-order chi connectivity index (χ1) is 29.1. The average Bonchev–Trinajstić information content (AvgIpc) is 3.65. The van der Waals surface area contributed by atoms with Crippen molar-refractivity contribution in [3.05, 3.63) is 205 Å². The SMILES string of the molecule is N=C1C(=N)c2c(c(-c3ccccc3)nc3ccccc23)C=C1c1ccc(-c2cc(-c3cccc(-n4c5ccccc5c5ccccc54)c3)nc(-c3ccccc3)n2)cc1. The predicted octanol–water partition coefficient (Wildman–Crippen LogP) is 12.7. The predicted molar refractivity (Wildman–Crippen MR) is 242 cm³/mol. The summed E-state index contributed by atoms with van der Waals surface area (Å²) in [5, 5.41) is 21.9. The van der Waals surface area contributed by atoms with E-state index in [1.807, 2.05) is 103 Å². The average molecular weight is 755 g/mol. The van der Waals surface area contributed by atoms with Gasteiger partial charge in [0.25, 0.3) is 0 Å².